The molecular formula is C57H38N4. The number of para-hydroxylation sites is 1. The second-order valence-electron chi connectivity index (χ2n) is 14.0. The Labute approximate surface area is 378 Å². The number of fused-ring (bicyclic) bond motifs is 3. The first-order valence-corrected chi connectivity index (χ1v) is 19.2. The average Bonchev–Trinajstić information content (AvgIpc) is 3.93. The van der Waals surface area contributed by atoms with Crippen LogP contribution in [0.4, 0.5) is 0 Å². The average molecular weight is 796 g/mol. The largest absolute Gasteiger partial charge is 0.309 e. The molecule has 0 aliphatic carbocycles. The topological polar surface area (TPSA) is 43.6 Å². The molecule has 0 atom stereocenters. The van der Waals surface area contributed by atoms with Gasteiger partial charge in [-0.15, -0.1) is 0 Å². The first kappa shape index (κ1) is 22.2. The molecule has 0 radical (unpaired) electrons. The van der Waals surface area contributed by atoms with Gasteiger partial charge in [-0.3, -0.25) is 0 Å². The predicted octanol–water partition coefficient (Wildman–Crippen LogP) is 14.6. The van der Waals surface area contributed by atoms with Crippen LogP contribution < -0.4 is 0 Å². The summed E-state index contributed by atoms with van der Waals surface area (Å²) < 4.78 is 153. The van der Waals surface area contributed by atoms with E-state index in [-0.39, 0.29) is 61.7 Å². The third-order valence-electron chi connectivity index (χ3n) is 10.3. The van der Waals surface area contributed by atoms with E-state index in [2.05, 4.69) is 0 Å². The van der Waals surface area contributed by atoms with Crippen molar-refractivity contribution in [3.8, 4) is 84.4 Å². The fourth-order valence-corrected chi connectivity index (χ4v) is 7.38. The van der Waals surface area contributed by atoms with E-state index in [1.165, 1.54) is 16.7 Å². The lowest BCUT2D eigenvalue weighted by atomic mass is 9.99. The van der Waals surface area contributed by atoms with Gasteiger partial charge in [0.1, 0.15) is 0 Å². The zero-order valence-corrected chi connectivity index (χ0v) is 31.9. The number of hydrogen-bond acceptors (Lipinski definition) is 3. The molecule has 0 saturated heterocycles. The smallest absolute Gasteiger partial charge is 0.164 e. The van der Waals surface area contributed by atoms with E-state index in [1.807, 2.05) is 109 Å². The number of nitrogens with zero attached hydrogens (tertiary/aromatic N) is 4. The van der Waals surface area contributed by atoms with Crippen molar-refractivity contribution in [1.29, 1.82) is 0 Å². The fraction of sp³-hybridized carbons (Fsp3) is 0. The Morgan fingerprint density at radius 1 is 0.328 bits per heavy atom. The maximum Gasteiger partial charge on any atom is 0.164 e. The van der Waals surface area contributed by atoms with Crippen molar-refractivity contribution in [2.75, 3.05) is 0 Å². The third-order valence-corrected chi connectivity index (χ3v) is 10.3. The Morgan fingerprint density at radius 3 is 1.54 bits per heavy atom. The minimum Gasteiger partial charge on any atom is -0.309 e. The molecule has 0 amide bonds. The summed E-state index contributed by atoms with van der Waals surface area (Å²) in [6.45, 7) is 0. The monoisotopic (exact) mass is 795 g/mol. The van der Waals surface area contributed by atoms with Crippen LogP contribution in [-0.4, -0.2) is 19.5 Å². The molecule has 4 nitrogen and oxygen atoms in total. The molecule has 0 unspecified atom stereocenters. The van der Waals surface area contributed by atoms with Crippen molar-refractivity contribution in [2.45, 2.75) is 0 Å². The Bertz CT molecular complexity index is 4280. The predicted molar refractivity (Wildman–Crippen MR) is 252 cm³/mol. The second kappa shape index (κ2) is 15.5. The Kier molecular flexibility index (Phi) is 5.66. The van der Waals surface area contributed by atoms with Crippen LogP contribution >= 0.6 is 0 Å². The van der Waals surface area contributed by atoms with Gasteiger partial charge < -0.3 is 4.57 Å². The summed E-state index contributed by atoms with van der Waals surface area (Å²) in [5.41, 5.74) is 2.75. The highest BCUT2D eigenvalue weighted by Crippen LogP contribution is 2.40. The quantitative estimate of drug-likeness (QED) is 0.154. The number of hydrogen-bond donors (Lipinski definition) is 0. The van der Waals surface area contributed by atoms with E-state index in [1.54, 1.807) is 6.07 Å². The highest BCUT2D eigenvalue weighted by Gasteiger charge is 2.19. The summed E-state index contributed by atoms with van der Waals surface area (Å²) in [6.07, 6.45) is 0. The number of benzene rings is 9. The van der Waals surface area contributed by atoms with Crippen molar-refractivity contribution < 1.29 is 23.3 Å². The van der Waals surface area contributed by atoms with Crippen LogP contribution in [0.3, 0.4) is 0 Å². The molecule has 11 rings (SSSR count). The zero-order chi connectivity index (χ0) is 55.3. The van der Waals surface area contributed by atoms with Crippen LogP contribution in [-0.2, 0) is 0 Å². The molecule has 0 aliphatic rings. The molecule has 11 aromatic rings. The van der Waals surface area contributed by atoms with Crippen LogP contribution in [0.5, 0.6) is 0 Å². The second-order valence-corrected chi connectivity index (χ2v) is 14.0. The first-order chi connectivity index (χ1) is 37.3. The maximum atomic E-state index is 9.71. The van der Waals surface area contributed by atoms with Gasteiger partial charge in [0.15, 0.2) is 17.5 Å². The zero-order valence-electron chi connectivity index (χ0n) is 48.9. The molecule has 0 aliphatic heterocycles. The van der Waals surface area contributed by atoms with Gasteiger partial charge >= 0.3 is 0 Å². The minimum absolute atomic E-state index is 0.0721. The van der Waals surface area contributed by atoms with Crippen molar-refractivity contribution in [2.24, 2.45) is 0 Å². The summed E-state index contributed by atoms with van der Waals surface area (Å²) in [7, 11) is 0. The molecule has 0 spiro atoms. The minimum atomic E-state index is -0.787. The van der Waals surface area contributed by atoms with E-state index in [4.69, 9.17) is 28.7 Å². The van der Waals surface area contributed by atoms with Gasteiger partial charge in [-0.05, 0) is 81.3 Å². The maximum absolute atomic E-state index is 9.71. The summed E-state index contributed by atoms with van der Waals surface area (Å²) in [5.74, 6) is 0.584. The molecule has 9 aromatic carbocycles. The molecule has 286 valence electrons. The number of rotatable bonds is 8. The number of aromatic nitrogens is 4. The lowest BCUT2D eigenvalue weighted by molar-refractivity contribution is 1.07. The van der Waals surface area contributed by atoms with E-state index >= 15 is 0 Å². The standard InChI is InChI=1S/C57H38N4/c1-5-16-39(17-6-1)42-28-30-44(31-29-42)55-58-56(47-25-15-24-45(36-47)40-18-7-2-8-19-40)60-57(59-55)48-33-35-53(50(38-48)43-22-11-4-12-23-43)61-52-27-14-13-26-49(52)51-37-46(32-34-54(51)61)41-20-9-3-10-21-41/h1-38H/i3D,4D,9D,10D,11D,12D,13D,14D,20D,21D,22D,23D,26D,27D,32D,34D,37D. The van der Waals surface area contributed by atoms with Gasteiger partial charge in [-0.2, -0.15) is 0 Å². The van der Waals surface area contributed by atoms with Gasteiger partial charge in [0.25, 0.3) is 0 Å². The van der Waals surface area contributed by atoms with E-state index in [0.717, 1.165) is 22.3 Å². The summed E-state index contributed by atoms with van der Waals surface area (Å²) >= 11 is 0. The molecular weight excluding hydrogens is 741 g/mol. The summed E-state index contributed by atoms with van der Waals surface area (Å²) in [5, 5.41) is -0.680. The van der Waals surface area contributed by atoms with Crippen LogP contribution in [0.2, 0.25) is 0 Å². The molecule has 4 heteroatoms. The molecule has 0 bridgehead atoms. The van der Waals surface area contributed by atoms with Gasteiger partial charge in [-0.1, -0.05) is 188 Å². The SMILES string of the molecule is [2H]c1c([2H])c([2H])c(-c2cc(-c3nc(-c4ccc(-c5ccccc5)cc4)nc(-c4cccc(-c5ccccc5)c4)n3)ccc2-n2c3c([2H])c([2H])c([2H])c([2H])c3c3c([2H])c(-c4c([2H])c([2H])c([2H])c([2H])c4[2H])c([2H])c([2H])c32)c([2H])c1[2H]. The highest BCUT2D eigenvalue weighted by molar-refractivity contribution is 6.11. The molecule has 0 N–H and O–H groups in total. The van der Waals surface area contributed by atoms with Gasteiger partial charge in [0.2, 0.25) is 0 Å². The Hall–Kier alpha value is -8.21. The lowest BCUT2D eigenvalue weighted by Gasteiger charge is -2.16. The molecule has 0 saturated carbocycles. The van der Waals surface area contributed by atoms with Gasteiger partial charge in [0.05, 0.1) is 40.0 Å². The molecule has 2 heterocycles. The Balaban J connectivity index is 1.24. The van der Waals surface area contributed by atoms with Crippen molar-refractivity contribution in [3.63, 3.8) is 0 Å². The fourth-order valence-electron chi connectivity index (χ4n) is 7.38. The van der Waals surface area contributed by atoms with Crippen LogP contribution in [0.1, 0.15) is 23.3 Å². The molecule has 0 fully saturated rings. The molecule has 61 heavy (non-hydrogen) atoms. The van der Waals surface area contributed by atoms with Crippen LogP contribution in [0.25, 0.3) is 106 Å². The summed E-state index contributed by atoms with van der Waals surface area (Å²) in [4.78, 5) is 15.0. The summed E-state index contributed by atoms with van der Waals surface area (Å²) in [6, 6.07) is 26.9. The highest BCUT2D eigenvalue weighted by atomic mass is 15.0. The van der Waals surface area contributed by atoms with Crippen LogP contribution in [0.15, 0.2) is 230 Å². The first-order valence-electron chi connectivity index (χ1n) is 27.7. The third kappa shape index (κ3) is 6.86. The van der Waals surface area contributed by atoms with E-state index < -0.39 is 114 Å². The molecule has 2 aromatic heterocycles. The van der Waals surface area contributed by atoms with Gasteiger partial charge in [0, 0.05) is 33.0 Å². The van der Waals surface area contributed by atoms with Crippen molar-refractivity contribution in [3.05, 3.63) is 230 Å². The van der Waals surface area contributed by atoms with Crippen LogP contribution in [0, 0.1) is 0 Å². The van der Waals surface area contributed by atoms with E-state index in [0.29, 0.717) is 11.1 Å². The van der Waals surface area contributed by atoms with Crippen molar-refractivity contribution >= 4 is 21.8 Å². The Morgan fingerprint density at radius 2 is 0.836 bits per heavy atom. The lowest BCUT2D eigenvalue weighted by Crippen LogP contribution is -2.02. The normalized spacial score (nSPS) is 15.2. The van der Waals surface area contributed by atoms with E-state index in [9.17, 15) is 9.60 Å². The van der Waals surface area contributed by atoms with Crippen molar-refractivity contribution in [1.82, 2.24) is 19.5 Å². The van der Waals surface area contributed by atoms with Gasteiger partial charge in [-0.25, -0.2) is 15.0 Å².